The molecule has 0 saturated heterocycles. The first-order chi connectivity index (χ1) is 10.0. The number of hydrogen-bond donors (Lipinski definition) is 1. The number of carbonyl (C=O) groups is 1. The van der Waals surface area contributed by atoms with Gasteiger partial charge in [0, 0.05) is 6.04 Å². The molecule has 1 aliphatic rings. The maximum absolute atomic E-state index is 12.3. The van der Waals surface area contributed by atoms with E-state index in [0.717, 1.165) is 25.8 Å². The Bertz CT molecular complexity index is 460. The van der Waals surface area contributed by atoms with Gasteiger partial charge in [0.15, 0.2) is 9.84 Å². The zero-order valence-corrected chi connectivity index (χ0v) is 15.5. The van der Waals surface area contributed by atoms with Crippen LogP contribution in [0.5, 0.6) is 0 Å². The summed E-state index contributed by atoms with van der Waals surface area (Å²) in [5, 5.41) is 2.64. The average Bonchev–Trinajstić information content (AvgIpc) is 2.86. The average molecular weight is 333 g/mol. The highest BCUT2D eigenvalue weighted by molar-refractivity contribution is 7.92. The summed E-state index contributed by atoms with van der Waals surface area (Å²) in [6.07, 6.45) is 4.14. The summed E-state index contributed by atoms with van der Waals surface area (Å²) in [7, 11) is 0.680. The largest absolute Gasteiger partial charge is 0.352 e. The van der Waals surface area contributed by atoms with Crippen LogP contribution in [0.4, 0.5) is 0 Å². The number of sulfone groups is 1. The van der Waals surface area contributed by atoms with E-state index in [1.54, 1.807) is 0 Å². The second-order valence-electron chi connectivity index (χ2n) is 7.79. The van der Waals surface area contributed by atoms with Gasteiger partial charge in [0.1, 0.15) is 5.75 Å². The summed E-state index contributed by atoms with van der Waals surface area (Å²) in [6.45, 7) is 7.06. The molecule has 1 atom stereocenters. The molecule has 1 N–H and O–H groups in total. The van der Waals surface area contributed by atoms with E-state index in [1.165, 1.54) is 0 Å². The zero-order valence-electron chi connectivity index (χ0n) is 14.7. The van der Waals surface area contributed by atoms with Gasteiger partial charge in [0.25, 0.3) is 0 Å². The van der Waals surface area contributed by atoms with Crippen LogP contribution in [0, 0.1) is 5.41 Å². The van der Waals surface area contributed by atoms with Gasteiger partial charge in [-0.2, -0.15) is 0 Å². The molecule has 1 saturated carbocycles. The molecule has 0 radical (unpaired) electrons. The van der Waals surface area contributed by atoms with Gasteiger partial charge in [-0.15, -0.1) is 0 Å². The van der Waals surface area contributed by atoms with Crippen LogP contribution in [0.15, 0.2) is 0 Å². The normalized spacial score (nSPS) is 18.6. The van der Waals surface area contributed by atoms with E-state index in [2.05, 4.69) is 31.0 Å². The highest BCUT2D eigenvalue weighted by Crippen LogP contribution is 2.26. The van der Waals surface area contributed by atoms with Gasteiger partial charge < -0.3 is 10.2 Å². The van der Waals surface area contributed by atoms with Crippen LogP contribution in [0.25, 0.3) is 0 Å². The van der Waals surface area contributed by atoms with Gasteiger partial charge in [-0.3, -0.25) is 4.79 Å². The standard InChI is InChI=1S/C16H32N2O3S/c1-16(2,3)14(10-11-18(4)5)17-15(19)12-22(20,21)13-8-6-7-9-13/h13-14H,6-12H2,1-5H3,(H,17,19). The number of amides is 1. The molecule has 130 valence electrons. The Morgan fingerprint density at radius 3 is 2.23 bits per heavy atom. The molecular weight excluding hydrogens is 300 g/mol. The maximum atomic E-state index is 12.3. The number of nitrogens with one attached hydrogen (secondary N) is 1. The quantitative estimate of drug-likeness (QED) is 0.772. The van der Waals surface area contributed by atoms with Crippen molar-refractivity contribution in [3.63, 3.8) is 0 Å². The lowest BCUT2D eigenvalue weighted by atomic mass is 9.84. The van der Waals surface area contributed by atoms with Gasteiger partial charge in [-0.25, -0.2) is 8.42 Å². The van der Waals surface area contributed by atoms with Crippen molar-refractivity contribution in [1.29, 1.82) is 0 Å². The van der Waals surface area contributed by atoms with E-state index in [0.29, 0.717) is 12.8 Å². The molecule has 0 aliphatic heterocycles. The fourth-order valence-corrected chi connectivity index (χ4v) is 4.63. The molecule has 1 aliphatic carbocycles. The summed E-state index contributed by atoms with van der Waals surface area (Å²) in [4.78, 5) is 14.3. The van der Waals surface area contributed by atoms with Crippen molar-refractivity contribution in [1.82, 2.24) is 10.2 Å². The first-order valence-corrected chi connectivity index (χ1v) is 9.89. The summed E-state index contributed by atoms with van der Waals surface area (Å²) in [6, 6.07) is -0.0267. The molecule has 22 heavy (non-hydrogen) atoms. The number of nitrogens with zero attached hydrogens (tertiary/aromatic N) is 1. The van der Waals surface area contributed by atoms with Crippen LogP contribution < -0.4 is 5.32 Å². The van der Waals surface area contributed by atoms with Crippen LogP contribution >= 0.6 is 0 Å². The van der Waals surface area contributed by atoms with Crippen LogP contribution in [0.3, 0.4) is 0 Å². The third-order valence-corrected chi connectivity index (χ3v) is 6.54. The lowest BCUT2D eigenvalue weighted by Gasteiger charge is -2.32. The Balaban J connectivity index is 2.62. The fraction of sp³-hybridized carbons (Fsp3) is 0.938. The van der Waals surface area contributed by atoms with E-state index in [4.69, 9.17) is 0 Å². The molecule has 1 unspecified atom stereocenters. The minimum absolute atomic E-state index is 0.0267. The summed E-state index contributed by atoms with van der Waals surface area (Å²) >= 11 is 0. The molecule has 6 heteroatoms. The topological polar surface area (TPSA) is 66.5 Å². The van der Waals surface area contributed by atoms with Crippen molar-refractivity contribution in [3.05, 3.63) is 0 Å². The molecule has 0 heterocycles. The molecule has 0 aromatic heterocycles. The van der Waals surface area contributed by atoms with E-state index >= 15 is 0 Å². The molecule has 0 aromatic rings. The third kappa shape index (κ3) is 6.24. The van der Waals surface area contributed by atoms with E-state index in [9.17, 15) is 13.2 Å². The molecule has 1 fully saturated rings. The number of hydrogen-bond acceptors (Lipinski definition) is 4. The molecule has 1 amide bonds. The van der Waals surface area contributed by atoms with E-state index < -0.39 is 9.84 Å². The van der Waals surface area contributed by atoms with Gasteiger partial charge in [0.2, 0.25) is 5.91 Å². The van der Waals surface area contributed by atoms with Crippen molar-refractivity contribution >= 4 is 15.7 Å². The third-order valence-electron chi connectivity index (χ3n) is 4.39. The van der Waals surface area contributed by atoms with Crippen molar-refractivity contribution in [2.45, 2.75) is 64.2 Å². The molecule has 0 bridgehead atoms. The molecule has 0 aromatic carbocycles. The minimum Gasteiger partial charge on any atom is -0.352 e. The highest BCUT2D eigenvalue weighted by Gasteiger charge is 2.32. The monoisotopic (exact) mass is 332 g/mol. The zero-order chi connectivity index (χ0) is 17.0. The Morgan fingerprint density at radius 2 is 1.77 bits per heavy atom. The molecular formula is C16H32N2O3S. The van der Waals surface area contributed by atoms with Crippen molar-refractivity contribution < 1.29 is 13.2 Å². The van der Waals surface area contributed by atoms with Gasteiger partial charge in [-0.05, 0) is 45.3 Å². The van der Waals surface area contributed by atoms with E-state index in [-0.39, 0.29) is 28.4 Å². The van der Waals surface area contributed by atoms with Crippen LogP contribution in [-0.2, 0) is 14.6 Å². The first-order valence-electron chi connectivity index (χ1n) is 8.18. The smallest absolute Gasteiger partial charge is 0.235 e. The Hall–Kier alpha value is -0.620. The summed E-state index contributed by atoms with van der Waals surface area (Å²) in [5.74, 6) is -0.725. The Labute approximate surface area is 135 Å². The predicted octanol–water partition coefficient (Wildman–Crippen LogP) is 1.83. The summed E-state index contributed by atoms with van der Waals surface area (Å²) < 4.78 is 24.5. The SMILES string of the molecule is CN(C)CCC(NC(=O)CS(=O)(=O)C1CCCC1)C(C)(C)C. The molecule has 0 spiro atoms. The van der Waals surface area contributed by atoms with Gasteiger partial charge in [0.05, 0.1) is 5.25 Å². The Kier molecular flexibility index (Phi) is 6.86. The van der Waals surface area contributed by atoms with Crippen LogP contribution in [0.1, 0.15) is 52.9 Å². The molecule has 1 rings (SSSR count). The van der Waals surface area contributed by atoms with Gasteiger partial charge >= 0.3 is 0 Å². The number of rotatable bonds is 7. The lowest BCUT2D eigenvalue weighted by Crippen LogP contribution is -2.47. The fourth-order valence-electron chi connectivity index (χ4n) is 2.89. The molecule has 5 nitrogen and oxygen atoms in total. The first kappa shape index (κ1) is 19.4. The van der Waals surface area contributed by atoms with Crippen LogP contribution in [0.2, 0.25) is 0 Å². The highest BCUT2D eigenvalue weighted by atomic mass is 32.2. The Morgan fingerprint density at radius 1 is 1.23 bits per heavy atom. The van der Waals surface area contributed by atoms with Crippen molar-refractivity contribution in [2.24, 2.45) is 5.41 Å². The van der Waals surface area contributed by atoms with E-state index in [1.807, 2.05) is 14.1 Å². The summed E-state index contributed by atoms with van der Waals surface area (Å²) in [5.41, 5.74) is -0.0945. The number of carbonyl (C=O) groups excluding carboxylic acids is 1. The second-order valence-corrected chi connectivity index (χ2v) is 10.1. The van der Waals surface area contributed by atoms with Gasteiger partial charge in [-0.1, -0.05) is 33.6 Å². The predicted molar refractivity (Wildman–Crippen MR) is 90.6 cm³/mol. The second kappa shape index (κ2) is 7.77. The lowest BCUT2D eigenvalue weighted by molar-refractivity contribution is -0.120. The van der Waals surface area contributed by atoms with Crippen molar-refractivity contribution in [2.75, 3.05) is 26.4 Å². The van der Waals surface area contributed by atoms with Crippen LogP contribution in [-0.4, -0.2) is 56.9 Å². The maximum Gasteiger partial charge on any atom is 0.235 e. The minimum atomic E-state index is -3.30. The van der Waals surface area contributed by atoms with Crippen molar-refractivity contribution in [3.8, 4) is 0 Å².